The Morgan fingerprint density at radius 2 is 0.529 bits per heavy atom. The van der Waals surface area contributed by atoms with Crippen LogP contribution in [0.3, 0.4) is 0 Å². The molecule has 0 aliphatic carbocycles. The quantitative estimate of drug-likeness (QED) is 0.152. The zero-order valence-corrected chi connectivity index (χ0v) is 37.0. The molecule has 0 saturated heterocycles. The first-order chi connectivity index (χ1) is 33.7. The number of nitrogens with zero attached hydrogens (tertiary/aromatic N) is 4. The topological polar surface area (TPSA) is 19.7 Å². The summed E-state index contributed by atoms with van der Waals surface area (Å²) < 4.78 is 9.59. The average Bonchev–Trinajstić information content (AvgIpc) is 4.21. The molecular weight excluding hydrogens is 825 g/mol. The summed E-state index contributed by atoms with van der Waals surface area (Å²) in [5, 5.41) is 7.38. The number of rotatable bonds is 7. The molecule has 0 unspecified atom stereocenters. The first-order valence-electron chi connectivity index (χ1n) is 23.3. The molecule has 0 bridgehead atoms. The molecule has 0 amide bonds. The van der Waals surface area contributed by atoms with Crippen LogP contribution in [0.2, 0.25) is 0 Å². The van der Waals surface area contributed by atoms with Crippen LogP contribution in [0.15, 0.2) is 255 Å². The predicted molar refractivity (Wildman–Crippen MR) is 285 cm³/mol. The van der Waals surface area contributed by atoms with Crippen LogP contribution in [0, 0.1) is 0 Å². The van der Waals surface area contributed by atoms with Crippen molar-refractivity contribution in [2.45, 2.75) is 0 Å². The maximum atomic E-state index is 2.45. The van der Waals surface area contributed by atoms with Gasteiger partial charge >= 0.3 is 0 Å². The SMILES string of the molecule is c1ccc(-c2ccc(-n3ccc4ccc5c6ccccc6n(-c6ccc(-c7ccc(-n8c9ccccc9c9ccc%10ccn(-c%11ccc(-c%12ccccc%12)cc%11)c%10c98)cc7)cc6)c5c43)cc2)cc1. The Hall–Kier alpha value is -9.12. The van der Waals surface area contributed by atoms with Crippen LogP contribution in [0.1, 0.15) is 0 Å². The van der Waals surface area contributed by atoms with E-state index in [1.54, 1.807) is 0 Å². The van der Waals surface area contributed by atoms with Gasteiger partial charge < -0.3 is 18.3 Å². The summed E-state index contributed by atoms with van der Waals surface area (Å²) >= 11 is 0. The van der Waals surface area contributed by atoms with Gasteiger partial charge in [0.25, 0.3) is 0 Å². The molecule has 14 aromatic rings. The van der Waals surface area contributed by atoms with Crippen LogP contribution < -0.4 is 0 Å². The van der Waals surface area contributed by atoms with Crippen molar-refractivity contribution in [3.8, 4) is 56.1 Å². The molecule has 68 heavy (non-hydrogen) atoms. The fourth-order valence-corrected chi connectivity index (χ4v) is 10.8. The molecule has 10 aromatic carbocycles. The van der Waals surface area contributed by atoms with Gasteiger partial charge in [-0.3, -0.25) is 0 Å². The van der Waals surface area contributed by atoms with E-state index in [1.165, 1.54) is 98.8 Å². The predicted octanol–water partition coefficient (Wildman–Crippen LogP) is 16.8. The highest BCUT2D eigenvalue weighted by Crippen LogP contribution is 2.41. The molecule has 4 aromatic heterocycles. The second-order valence-electron chi connectivity index (χ2n) is 17.8. The molecule has 14 rings (SSSR count). The minimum Gasteiger partial charge on any atom is -0.315 e. The number of hydrogen-bond acceptors (Lipinski definition) is 0. The number of aromatic nitrogens is 4. The lowest BCUT2D eigenvalue weighted by atomic mass is 10.0. The van der Waals surface area contributed by atoms with Crippen molar-refractivity contribution < 1.29 is 0 Å². The van der Waals surface area contributed by atoms with Gasteiger partial charge in [0.05, 0.1) is 33.1 Å². The fourth-order valence-electron chi connectivity index (χ4n) is 10.8. The summed E-state index contributed by atoms with van der Waals surface area (Å²) in [6, 6.07) is 88.4. The first-order valence-corrected chi connectivity index (χ1v) is 23.3. The molecule has 0 aliphatic rings. The Morgan fingerprint density at radius 1 is 0.206 bits per heavy atom. The molecule has 0 saturated carbocycles. The Morgan fingerprint density at radius 3 is 0.912 bits per heavy atom. The molecular formula is C64H42N4. The molecule has 318 valence electrons. The molecule has 0 fully saturated rings. The molecule has 0 N–H and O–H groups in total. The van der Waals surface area contributed by atoms with Gasteiger partial charge in [0.1, 0.15) is 0 Å². The normalized spacial score (nSPS) is 11.8. The number of benzene rings is 10. The van der Waals surface area contributed by atoms with E-state index in [1.807, 2.05) is 0 Å². The highest BCUT2D eigenvalue weighted by molar-refractivity contribution is 6.19. The third-order valence-corrected chi connectivity index (χ3v) is 14.1. The minimum atomic E-state index is 1.13. The van der Waals surface area contributed by atoms with Gasteiger partial charge in [0, 0.05) is 67.5 Å². The third kappa shape index (κ3) is 5.94. The summed E-state index contributed by atoms with van der Waals surface area (Å²) in [6.45, 7) is 0. The van der Waals surface area contributed by atoms with Gasteiger partial charge in [-0.1, -0.05) is 170 Å². The number of fused-ring (bicyclic) bond motifs is 10. The molecule has 0 spiro atoms. The molecule has 4 heteroatoms. The second kappa shape index (κ2) is 15.2. The largest absolute Gasteiger partial charge is 0.315 e. The lowest BCUT2D eigenvalue weighted by molar-refractivity contribution is 1.11. The lowest BCUT2D eigenvalue weighted by Crippen LogP contribution is -1.98. The molecule has 0 radical (unpaired) electrons. The van der Waals surface area contributed by atoms with E-state index in [2.05, 4.69) is 273 Å². The number of hydrogen-bond donors (Lipinski definition) is 0. The molecule has 4 heterocycles. The summed E-state index contributed by atoms with van der Waals surface area (Å²) in [5.74, 6) is 0. The Kier molecular flexibility index (Phi) is 8.55. The van der Waals surface area contributed by atoms with E-state index >= 15 is 0 Å². The minimum absolute atomic E-state index is 1.13. The van der Waals surface area contributed by atoms with Gasteiger partial charge in [-0.25, -0.2) is 0 Å². The Labute approximate surface area is 393 Å². The van der Waals surface area contributed by atoms with Gasteiger partial charge in [0.2, 0.25) is 0 Å². The molecule has 4 nitrogen and oxygen atoms in total. The van der Waals surface area contributed by atoms with E-state index in [0.29, 0.717) is 0 Å². The second-order valence-corrected chi connectivity index (χ2v) is 17.8. The van der Waals surface area contributed by atoms with E-state index in [4.69, 9.17) is 0 Å². The summed E-state index contributed by atoms with van der Waals surface area (Å²) in [7, 11) is 0. The molecule has 0 atom stereocenters. The van der Waals surface area contributed by atoms with Crippen LogP contribution >= 0.6 is 0 Å². The Bertz CT molecular complexity index is 3910. The number of para-hydroxylation sites is 2. The van der Waals surface area contributed by atoms with Crippen LogP contribution in [-0.4, -0.2) is 18.3 Å². The summed E-state index contributed by atoms with van der Waals surface area (Å²) in [4.78, 5) is 0. The van der Waals surface area contributed by atoms with Crippen molar-refractivity contribution in [1.29, 1.82) is 0 Å². The monoisotopic (exact) mass is 866 g/mol. The van der Waals surface area contributed by atoms with Crippen molar-refractivity contribution >= 4 is 65.4 Å². The first kappa shape index (κ1) is 38.2. The van der Waals surface area contributed by atoms with Crippen molar-refractivity contribution in [1.82, 2.24) is 18.3 Å². The summed E-state index contributed by atoms with van der Waals surface area (Å²) in [5.41, 5.74) is 18.9. The third-order valence-electron chi connectivity index (χ3n) is 14.1. The van der Waals surface area contributed by atoms with Crippen molar-refractivity contribution in [3.63, 3.8) is 0 Å². The van der Waals surface area contributed by atoms with E-state index in [9.17, 15) is 0 Å². The summed E-state index contributed by atoms with van der Waals surface area (Å²) in [6.07, 6.45) is 4.42. The lowest BCUT2D eigenvalue weighted by Gasteiger charge is -2.14. The smallest absolute Gasteiger partial charge is 0.0788 e. The maximum Gasteiger partial charge on any atom is 0.0788 e. The van der Waals surface area contributed by atoms with E-state index in [-0.39, 0.29) is 0 Å². The van der Waals surface area contributed by atoms with Crippen LogP contribution in [0.4, 0.5) is 0 Å². The Balaban J connectivity index is 0.852. The van der Waals surface area contributed by atoms with Crippen LogP contribution in [-0.2, 0) is 0 Å². The highest BCUT2D eigenvalue weighted by Gasteiger charge is 2.20. The van der Waals surface area contributed by atoms with Gasteiger partial charge in [-0.2, -0.15) is 0 Å². The van der Waals surface area contributed by atoms with Crippen molar-refractivity contribution in [2.24, 2.45) is 0 Å². The van der Waals surface area contributed by atoms with E-state index in [0.717, 1.165) is 22.7 Å². The maximum absolute atomic E-state index is 2.45. The molecule has 0 aliphatic heterocycles. The fraction of sp³-hybridized carbons (Fsp3) is 0. The average molecular weight is 867 g/mol. The standard InChI is InChI=1S/C64H42N4/c1-3-11-43(12-4-1)45-19-29-51(30-20-45)65-41-39-49-27-37-57-55-15-7-9-17-59(55)67(63(57)61(49)65)53-33-23-47(24-34-53)48-25-35-54(36-26-48)68-60-18-10-8-16-56(60)58-38-28-50-40-42-66(62(50)64(58)68)52-31-21-46(22-32-52)44-13-5-2-6-14-44/h1-42H. The van der Waals surface area contributed by atoms with Gasteiger partial charge in [-0.15, -0.1) is 0 Å². The zero-order valence-electron chi connectivity index (χ0n) is 37.0. The highest BCUT2D eigenvalue weighted by atomic mass is 15.0. The zero-order chi connectivity index (χ0) is 44.7. The van der Waals surface area contributed by atoms with Gasteiger partial charge in [-0.05, 0) is 106 Å². The van der Waals surface area contributed by atoms with E-state index < -0.39 is 0 Å². The van der Waals surface area contributed by atoms with Crippen molar-refractivity contribution in [2.75, 3.05) is 0 Å². The van der Waals surface area contributed by atoms with Crippen molar-refractivity contribution in [3.05, 3.63) is 255 Å². The van der Waals surface area contributed by atoms with Crippen LogP contribution in [0.25, 0.3) is 122 Å². The van der Waals surface area contributed by atoms with Gasteiger partial charge in [0.15, 0.2) is 0 Å². The van der Waals surface area contributed by atoms with Crippen LogP contribution in [0.5, 0.6) is 0 Å².